The lowest BCUT2D eigenvalue weighted by molar-refractivity contribution is -0.274. The predicted molar refractivity (Wildman–Crippen MR) is 101 cm³/mol. The number of hydrogen-bond acceptors (Lipinski definition) is 4. The van der Waals surface area contributed by atoms with Crippen molar-refractivity contribution in [2.45, 2.75) is 25.7 Å². The van der Waals surface area contributed by atoms with Crippen molar-refractivity contribution >= 4 is 21.6 Å². The maximum absolute atomic E-state index is 12.6. The number of rotatable bonds is 3. The Hall–Kier alpha value is -2.87. The van der Waals surface area contributed by atoms with E-state index in [0.29, 0.717) is 11.3 Å². The highest BCUT2D eigenvalue weighted by Crippen LogP contribution is 2.40. The van der Waals surface area contributed by atoms with Gasteiger partial charge in [-0.1, -0.05) is 18.2 Å². The Labute approximate surface area is 162 Å². The average Bonchev–Trinajstić information content (AvgIpc) is 3.35. The molecule has 1 aliphatic heterocycles. The highest BCUT2D eigenvalue weighted by atomic mass is 32.1. The fraction of sp³-hybridized carbons (Fsp3) is 0.200. The molecule has 1 aliphatic rings. The fourth-order valence-electron chi connectivity index (χ4n) is 3.71. The quantitative estimate of drug-likeness (QED) is 0.444. The van der Waals surface area contributed by atoms with E-state index in [0.717, 1.165) is 46.3 Å². The van der Waals surface area contributed by atoms with E-state index in [4.69, 9.17) is 5.10 Å². The van der Waals surface area contributed by atoms with Gasteiger partial charge in [-0.15, -0.1) is 13.2 Å². The number of aromatic nitrogens is 3. The van der Waals surface area contributed by atoms with Crippen molar-refractivity contribution in [1.29, 1.82) is 0 Å². The molecule has 0 unspecified atom stereocenters. The van der Waals surface area contributed by atoms with Crippen LogP contribution in [0.25, 0.3) is 32.5 Å². The van der Waals surface area contributed by atoms with Gasteiger partial charge in [0.2, 0.25) is 0 Å². The number of nitrogens with zero attached hydrogens (tertiary/aromatic N) is 3. The third-order valence-electron chi connectivity index (χ3n) is 4.82. The fourth-order valence-corrected chi connectivity index (χ4v) is 4.33. The van der Waals surface area contributed by atoms with E-state index < -0.39 is 6.36 Å². The Morgan fingerprint density at radius 1 is 1.07 bits per heavy atom. The zero-order valence-electron chi connectivity index (χ0n) is 14.5. The Morgan fingerprint density at radius 2 is 1.96 bits per heavy atom. The number of alkyl halides is 3. The minimum absolute atomic E-state index is 0.249. The first-order valence-electron chi connectivity index (χ1n) is 8.79. The first kappa shape index (κ1) is 17.2. The largest absolute Gasteiger partial charge is 0.573 e. The minimum atomic E-state index is -4.73. The first-order chi connectivity index (χ1) is 13.5. The zero-order valence-corrected chi connectivity index (χ0v) is 15.3. The van der Waals surface area contributed by atoms with Crippen LogP contribution in [0.1, 0.15) is 12.1 Å². The van der Waals surface area contributed by atoms with E-state index >= 15 is 0 Å². The summed E-state index contributed by atoms with van der Waals surface area (Å²) in [5, 5.41) is 5.75. The maximum Gasteiger partial charge on any atom is 0.573 e. The molecule has 0 amide bonds. The van der Waals surface area contributed by atoms with Crippen molar-refractivity contribution in [2.24, 2.45) is 0 Å². The lowest BCUT2D eigenvalue weighted by Crippen LogP contribution is -2.17. The van der Waals surface area contributed by atoms with Gasteiger partial charge in [0, 0.05) is 34.9 Å². The Balaban J connectivity index is 1.66. The van der Waals surface area contributed by atoms with Gasteiger partial charge in [-0.05, 0) is 54.2 Å². The molecule has 5 rings (SSSR count). The van der Waals surface area contributed by atoms with Crippen molar-refractivity contribution in [1.82, 2.24) is 14.2 Å². The van der Waals surface area contributed by atoms with Crippen LogP contribution in [-0.2, 0) is 13.0 Å². The van der Waals surface area contributed by atoms with Gasteiger partial charge in [-0.2, -0.15) is 9.47 Å². The van der Waals surface area contributed by atoms with Gasteiger partial charge in [0.15, 0.2) is 0 Å². The second-order valence-electron chi connectivity index (χ2n) is 6.65. The van der Waals surface area contributed by atoms with Gasteiger partial charge >= 0.3 is 6.36 Å². The highest BCUT2D eigenvalue weighted by Gasteiger charge is 2.31. The van der Waals surface area contributed by atoms with Crippen LogP contribution in [0.2, 0.25) is 0 Å². The number of ether oxygens (including phenoxy) is 1. The molecule has 0 fully saturated rings. The van der Waals surface area contributed by atoms with Crippen LogP contribution >= 0.6 is 11.5 Å². The lowest BCUT2D eigenvalue weighted by Gasteiger charge is -2.10. The van der Waals surface area contributed by atoms with Crippen LogP contribution in [0.3, 0.4) is 0 Å². The van der Waals surface area contributed by atoms with Gasteiger partial charge < -0.3 is 4.74 Å². The third kappa shape index (κ3) is 3.03. The van der Waals surface area contributed by atoms with Crippen LogP contribution in [0.4, 0.5) is 13.2 Å². The number of benzene rings is 2. The molecule has 0 saturated heterocycles. The number of aryl methyl sites for hydroxylation is 1. The summed E-state index contributed by atoms with van der Waals surface area (Å²) in [7, 11) is 0. The standard InChI is InChI=1S/C20H14F3N3OS/c21-20(22,23)27-15-4-1-3-13(10-15)19-18(16-5-2-8-26(16)25-19)12-6-7-17-14(9-12)11-24-28-17/h1,3-4,6-7,9-11H,2,5,8H2. The molecule has 2 aromatic heterocycles. The lowest BCUT2D eigenvalue weighted by atomic mass is 9.97. The van der Waals surface area contributed by atoms with Crippen LogP contribution in [0.15, 0.2) is 48.7 Å². The third-order valence-corrected chi connectivity index (χ3v) is 5.60. The van der Waals surface area contributed by atoms with E-state index in [1.807, 2.05) is 23.0 Å². The number of fused-ring (bicyclic) bond motifs is 2. The summed E-state index contributed by atoms with van der Waals surface area (Å²) in [6.45, 7) is 0.809. The van der Waals surface area contributed by atoms with Gasteiger partial charge in [0.05, 0.1) is 4.70 Å². The first-order valence-corrected chi connectivity index (χ1v) is 9.56. The smallest absolute Gasteiger partial charge is 0.406 e. The molecule has 0 spiro atoms. The minimum Gasteiger partial charge on any atom is -0.406 e. The van der Waals surface area contributed by atoms with Crippen molar-refractivity contribution in [3.05, 3.63) is 54.4 Å². The summed E-state index contributed by atoms with van der Waals surface area (Å²) in [6, 6.07) is 12.1. The van der Waals surface area contributed by atoms with Gasteiger partial charge in [0.1, 0.15) is 11.4 Å². The molecule has 0 saturated carbocycles. The Morgan fingerprint density at radius 3 is 2.82 bits per heavy atom. The molecular formula is C20H14F3N3OS. The molecule has 0 radical (unpaired) electrons. The number of hydrogen-bond donors (Lipinski definition) is 0. The second-order valence-corrected chi connectivity index (χ2v) is 7.48. The van der Waals surface area contributed by atoms with Crippen molar-refractivity contribution in [3.63, 3.8) is 0 Å². The molecule has 4 aromatic rings. The Kier molecular flexibility index (Phi) is 3.90. The topological polar surface area (TPSA) is 39.9 Å². The molecule has 28 heavy (non-hydrogen) atoms. The van der Waals surface area contributed by atoms with Crippen LogP contribution in [0.5, 0.6) is 5.75 Å². The maximum atomic E-state index is 12.6. The van der Waals surface area contributed by atoms with Crippen molar-refractivity contribution in [2.75, 3.05) is 0 Å². The van der Waals surface area contributed by atoms with E-state index in [-0.39, 0.29) is 5.75 Å². The van der Waals surface area contributed by atoms with Crippen LogP contribution < -0.4 is 4.74 Å². The summed E-state index contributed by atoms with van der Waals surface area (Å²) in [5.74, 6) is -0.249. The molecule has 0 N–H and O–H groups in total. The molecule has 0 atom stereocenters. The van der Waals surface area contributed by atoms with Crippen LogP contribution in [0, 0.1) is 0 Å². The molecule has 8 heteroatoms. The average molecular weight is 401 g/mol. The molecule has 142 valence electrons. The summed E-state index contributed by atoms with van der Waals surface area (Å²) < 4.78 is 49.2. The summed E-state index contributed by atoms with van der Waals surface area (Å²) in [6.07, 6.45) is -1.00. The van der Waals surface area contributed by atoms with Gasteiger partial charge in [0.25, 0.3) is 0 Å². The van der Waals surface area contributed by atoms with Crippen molar-refractivity contribution in [3.8, 4) is 28.1 Å². The Bertz CT molecular complexity index is 1180. The van der Waals surface area contributed by atoms with E-state index in [1.54, 1.807) is 12.1 Å². The summed E-state index contributed by atoms with van der Waals surface area (Å²) in [5.41, 5.74) is 4.34. The van der Waals surface area contributed by atoms with E-state index in [2.05, 4.69) is 15.2 Å². The molecule has 0 bridgehead atoms. The monoisotopic (exact) mass is 401 g/mol. The summed E-state index contributed by atoms with van der Waals surface area (Å²) >= 11 is 1.43. The van der Waals surface area contributed by atoms with Gasteiger partial charge in [-0.3, -0.25) is 4.68 Å². The van der Waals surface area contributed by atoms with E-state index in [1.165, 1.54) is 23.7 Å². The molecule has 0 aliphatic carbocycles. The zero-order chi connectivity index (χ0) is 19.3. The highest BCUT2D eigenvalue weighted by molar-refractivity contribution is 7.13. The van der Waals surface area contributed by atoms with Gasteiger partial charge in [-0.25, -0.2) is 0 Å². The molecule has 2 aromatic carbocycles. The number of halogens is 3. The van der Waals surface area contributed by atoms with Crippen LogP contribution in [-0.4, -0.2) is 20.5 Å². The molecule has 3 heterocycles. The van der Waals surface area contributed by atoms with E-state index in [9.17, 15) is 13.2 Å². The summed E-state index contributed by atoms with van der Waals surface area (Å²) in [4.78, 5) is 0. The predicted octanol–water partition coefficient (Wildman–Crippen LogP) is 5.67. The SMILES string of the molecule is FC(F)(F)Oc1cccc(-c2nn3c(c2-c2ccc4sncc4c2)CCC3)c1. The second kappa shape index (κ2) is 6.34. The molecule has 4 nitrogen and oxygen atoms in total. The van der Waals surface area contributed by atoms with Crippen molar-refractivity contribution < 1.29 is 17.9 Å². The molecular weight excluding hydrogens is 387 g/mol. The normalized spacial score (nSPS) is 13.8.